The maximum Gasteiger partial charge on any atom is 0.127 e. The van der Waals surface area contributed by atoms with Crippen LogP contribution in [0.1, 0.15) is 50.3 Å². The number of hydrogen-bond donors (Lipinski definition) is 1. The minimum absolute atomic E-state index is 0.325. The van der Waals surface area contributed by atoms with Gasteiger partial charge in [0.25, 0.3) is 0 Å². The Morgan fingerprint density at radius 3 is 2.88 bits per heavy atom. The Morgan fingerprint density at radius 1 is 1.35 bits per heavy atom. The van der Waals surface area contributed by atoms with Gasteiger partial charge in [-0.1, -0.05) is 25.1 Å². The van der Waals surface area contributed by atoms with Crippen LogP contribution in [0.25, 0.3) is 0 Å². The van der Waals surface area contributed by atoms with Gasteiger partial charge < -0.3 is 10.1 Å². The summed E-state index contributed by atoms with van der Waals surface area (Å²) < 4.78 is 6.05. The summed E-state index contributed by atoms with van der Waals surface area (Å²) in [6, 6.07) is 7.82. The topological polar surface area (TPSA) is 21.3 Å². The minimum atomic E-state index is 0.325. The summed E-state index contributed by atoms with van der Waals surface area (Å²) in [5.41, 5.74) is 2.71. The molecule has 1 N–H and O–H groups in total. The molecule has 2 aliphatic rings. The Balaban J connectivity index is 1.93. The summed E-state index contributed by atoms with van der Waals surface area (Å²) in [6.07, 6.45) is 5.15. The zero-order valence-electron chi connectivity index (χ0n) is 10.7. The van der Waals surface area contributed by atoms with Gasteiger partial charge in [0.05, 0.1) is 6.10 Å². The fraction of sp³-hybridized carbons (Fsp3) is 0.600. The van der Waals surface area contributed by atoms with E-state index in [2.05, 4.69) is 37.4 Å². The number of nitrogens with one attached hydrogen (secondary N) is 1. The van der Waals surface area contributed by atoms with Crippen LogP contribution in [0.15, 0.2) is 18.2 Å². The van der Waals surface area contributed by atoms with Crippen LogP contribution in [0, 0.1) is 0 Å². The second-order valence-corrected chi connectivity index (χ2v) is 5.35. The van der Waals surface area contributed by atoms with Crippen LogP contribution in [0.5, 0.6) is 5.75 Å². The van der Waals surface area contributed by atoms with Gasteiger partial charge in [-0.15, -0.1) is 0 Å². The predicted octanol–water partition coefficient (Wildman–Crippen LogP) is 3.21. The summed E-state index contributed by atoms with van der Waals surface area (Å²) in [5, 5.41) is 3.75. The fourth-order valence-electron chi connectivity index (χ4n) is 2.70. The molecule has 0 bridgehead atoms. The van der Waals surface area contributed by atoms with Crippen molar-refractivity contribution >= 4 is 0 Å². The second kappa shape index (κ2) is 4.34. The summed E-state index contributed by atoms with van der Waals surface area (Å²) in [5.74, 6) is 1.15. The van der Waals surface area contributed by atoms with Crippen molar-refractivity contribution in [1.82, 2.24) is 5.32 Å². The zero-order chi connectivity index (χ0) is 11.8. The lowest BCUT2D eigenvalue weighted by Crippen LogP contribution is -2.33. The lowest BCUT2D eigenvalue weighted by atomic mass is 9.94. The third-order valence-corrected chi connectivity index (χ3v) is 3.78. The van der Waals surface area contributed by atoms with E-state index in [0.29, 0.717) is 12.1 Å². The molecule has 3 rings (SSSR count). The van der Waals surface area contributed by atoms with Gasteiger partial charge in [0, 0.05) is 24.1 Å². The highest BCUT2D eigenvalue weighted by atomic mass is 16.5. The van der Waals surface area contributed by atoms with Gasteiger partial charge in [-0.2, -0.15) is 0 Å². The van der Waals surface area contributed by atoms with E-state index >= 15 is 0 Å². The number of ether oxygens (including phenoxy) is 1. The van der Waals surface area contributed by atoms with E-state index < -0.39 is 0 Å². The standard InChI is InChI=1S/C15H21NO/c1-3-11-5-4-6-13-14(16-12-7-8-12)9-10(2)17-15(11)13/h4-6,10,12,14,16H,3,7-9H2,1-2H3. The molecule has 2 heteroatoms. The molecule has 0 amide bonds. The monoisotopic (exact) mass is 231 g/mol. The number of hydrogen-bond acceptors (Lipinski definition) is 2. The summed E-state index contributed by atoms with van der Waals surface area (Å²) in [4.78, 5) is 0. The maximum atomic E-state index is 6.05. The average Bonchev–Trinajstić information content (AvgIpc) is 3.12. The lowest BCUT2D eigenvalue weighted by molar-refractivity contribution is 0.164. The van der Waals surface area contributed by atoms with Gasteiger partial charge >= 0.3 is 0 Å². The summed E-state index contributed by atoms with van der Waals surface area (Å²) in [6.45, 7) is 4.37. The van der Waals surface area contributed by atoms with E-state index in [0.717, 1.165) is 24.6 Å². The summed E-state index contributed by atoms with van der Waals surface area (Å²) >= 11 is 0. The molecular formula is C15H21NO. The number of fused-ring (bicyclic) bond motifs is 1. The Kier molecular flexibility index (Phi) is 2.83. The fourth-order valence-corrected chi connectivity index (χ4v) is 2.70. The lowest BCUT2D eigenvalue weighted by Gasteiger charge is -2.32. The average molecular weight is 231 g/mol. The molecule has 17 heavy (non-hydrogen) atoms. The van der Waals surface area contributed by atoms with Crippen molar-refractivity contribution in [2.75, 3.05) is 0 Å². The molecule has 1 aliphatic carbocycles. The zero-order valence-corrected chi connectivity index (χ0v) is 10.7. The first kappa shape index (κ1) is 11.1. The van der Waals surface area contributed by atoms with Crippen molar-refractivity contribution in [2.45, 2.75) is 57.7 Å². The van der Waals surface area contributed by atoms with Crippen molar-refractivity contribution in [3.05, 3.63) is 29.3 Å². The molecule has 2 atom stereocenters. The SMILES string of the molecule is CCc1cccc2c1OC(C)CC2NC1CC1. The van der Waals surface area contributed by atoms with Gasteiger partial charge in [0.1, 0.15) is 5.75 Å². The van der Waals surface area contributed by atoms with E-state index in [1.54, 1.807) is 0 Å². The van der Waals surface area contributed by atoms with E-state index in [1.807, 2.05) is 0 Å². The number of benzene rings is 1. The van der Waals surface area contributed by atoms with E-state index in [9.17, 15) is 0 Å². The smallest absolute Gasteiger partial charge is 0.127 e. The van der Waals surface area contributed by atoms with E-state index in [1.165, 1.54) is 24.0 Å². The first-order valence-corrected chi connectivity index (χ1v) is 6.82. The van der Waals surface area contributed by atoms with Gasteiger partial charge in [-0.25, -0.2) is 0 Å². The third kappa shape index (κ3) is 2.19. The first-order valence-electron chi connectivity index (χ1n) is 6.82. The van der Waals surface area contributed by atoms with Crippen LogP contribution in [0.2, 0.25) is 0 Å². The quantitative estimate of drug-likeness (QED) is 0.862. The molecule has 2 nitrogen and oxygen atoms in total. The van der Waals surface area contributed by atoms with Crippen LogP contribution in [0.3, 0.4) is 0 Å². The third-order valence-electron chi connectivity index (χ3n) is 3.78. The van der Waals surface area contributed by atoms with Gasteiger partial charge in [0.2, 0.25) is 0 Å². The van der Waals surface area contributed by atoms with Gasteiger partial charge in [-0.05, 0) is 31.7 Å². The highest BCUT2D eigenvalue weighted by Crippen LogP contribution is 2.39. The summed E-state index contributed by atoms with van der Waals surface area (Å²) in [7, 11) is 0. The van der Waals surface area contributed by atoms with Crippen molar-refractivity contribution in [3.8, 4) is 5.75 Å². The molecule has 0 spiro atoms. The van der Waals surface area contributed by atoms with E-state index in [4.69, 9.17) is 4.74 Å². The van der Waals surface area contributed by atoms with Crippen molar-refractivity contribution < 1.29 is 4.74 Å². The van der Waals surface area contributed by atoms with Crippen molar-refractivity contribution in [2.24, 2.45) is 0 Å². The number of para-hydroxylation sites is 1. The van der Waals surface area contributed by atoms with Gasteiger partial charge in [0.15, 0.2) is 0 Å². The van der Waals surface area contributed by atoms with E-state index in [-0.39, 0.29) is 0 Å². The van der Waals surface area contributed by atoms with Gasteiger partial charge in [-0.3, -0.25) is 0 Å². The molecule has 0 aromatic heterocycles. The molecule has 2 unspecified atom stereocenters. The van der Waals surface area contributed by atoms with Crippen LogP contribution in [-0.2, 0) is 6.42 Å². The van der Waals surface area contributed by atoms with Crippen LogP contribution >= 0.6 is 0 Å². The molecule has 0 radical (unpaired) electrons. The van der Waals surface area contributed by atoms with Crippen LogP contribution < -0.4 is 10.1 Å². The highest BCUT2D eigenvalue weighted by Gasteiger charge is 2.31. The molecule has 1 heterocycles. The molecule has 92 valence electrons. The number of rotatable bonds is 3. The molecule has 1 fully saturated rings. The molecule has 1 aromatic carbocycles. The molecule has 1 aliphatic heterocycles. The maximum absolute atomic E-state index is 6.05. The normalized spacial score (nSPS) is 27.4. The van der Waals surface area contributed by atoms with Crippen LogP contribution in [0.4, 0.5) is 0 Å². The Hall–Kier alpha value is -1.02. The molecular weight excluding hydrogens is 210 g/mol. The van der Waals surface area contributed by atoms with Crippen LogP contribution in [-0.4, -0.2) is 12.1 Å². The molecule has 1 aromatic rings. The minimum Gasteiger partial charge on any atom is -0.490 e. The molecule has 1 saturated carbocycles. The molecule has 0 saturated heterocycles. The first-order chi connectivity index (χ1) is 8.28. The largest absolute Gasteiger partial charge is 0.490 e. The van der Waals surface area contributed by atoms with Crippen molar-refractivity contribution in [1.29, 1.82) is 0 Å². The van der Waals surface area contributed by atoms with Crippen molar-refractivity contribution in [3.63, 3.8) is 0 Å². The Labute approximate surface area is 103 Å². The second-order valence-electron chi connectivity index (χ2n) is 5.35. The predicted molar refractivity (Wildman–Crippen MR) is 69.4 cm³/mol. The number of aryl methyl sites for hydroxylation is 1. The highest BCUT2D eigenvalue weighted by molar-refractivity contribution is 5.45. The Bertz CT molecular complexity index is 411. The Morgan fingerprint density at radius 2 is 2.18 bits per heavy atom.